The van der Waals surface area contributed by atoms with Gasteiger partial charge in [0.1, 0.15) is 0 Å². The van der Waals surface area contributed by atoms with E-state index in [9.17, 15) is 9.59 Å². The Labute approximate surface area is 73.7 Å². The summed E-state index contributed by atoms with van der Waals surface area (Å²) in [5.41, 5.74) is 9.21. The number of hydrogen-bond donors (Lipinski definition) is 4. The third-order valence-corrected chi connectivity index (χ3v) is 1.45. The molecule has 2 amide bonds. The molecule has 0 spiro atoms. The summed E-state index contributed by atoms with van der Waals surface area (Å²) in [6.45, 7) is 1.28. The highest BCUT2D eigenvalue weighted by atomic mass is 32.2. The molecule has 68 valence electrons. The molecule has 0 atom stereocenters. The molecule has 0 heterocycles. The van der Waals surface area contributed by atoms with E-state index < -0.39 is 5.91 Å². The second-order valence-electron chi connectivity index (χ2n) is 1.88. The van der Waals surface area contributed by atoms with E-state index in [0.29, 0.717) is 0 Å². The number of nitrogens with two attached hydrogens (primary N) is 1. The highest BCUT2D eigenvalue weighted by Crippen LogP contribution is 1.95. The molecule has 0 aromatic rings. The SMILES string of the molecule is CC(=O)NNC(=O)CSC(=N)N. The van der Waals surface area contributed by atoms with E-state index in [-0.39, 0.29) is 16.8 Å². The van der Waals surface area contributed by atoms with E-state index in [0.717, 1.165) is 11.8 Å². The van der Waals surface area contributed by atoms with Crippen LogP contribution in [0.4, 0.5) is 0 Å². The predicted molar refractivity (Wildman–Crippen MR) is 46.3 cm³/mol. The largest absolute Gasteiger partial charge is 0.379 e. The van der Waals surface area contributed by atoms with Crippen molar-refractivity contribution in [3.63, 3.8) is 0 Å². The molecule has 5 N–H and O–H groups in total. The van der Waals surface area contributed by atoms with Crippen LogP contribution in [0.15, 0.2) is 0 Å². The lowest BCUT2D eigenvalue weighted by Crippen LogP contribution is -2.41. The average molecular weight is 190 g/mol. The van der Waals surface area contributed by atoms with Gasteiger partial charge in [-0.1, -0.05) is 11.8 Å². The number of thioether (sulfide) groups is 1. The molecule has 0 saturated heterocycles. The Morgan fingerprint density at radius 1 is 1.50 bits per heavy atom. The van der Waals surface area contributed by atoms with Crippen molar-refractivity contribution in [3.05, 3.63) is 0 Å². The zero-order valence-corrected chi connectivity index (χ0v) is 7.33. The van der Waals surface area contributed by atoms with Gasteiger partial charge < -0.3 is 5.73 Å². The van der Waals surface area contributed by atoms with Gasteiger partial charge in [0, 0.05) is 6.92 Å². The molecule has 0 aromatic carbocycles. The standard InChI is InChI=1S/C5H10N4O2S/c1-3(10)8-9-4(11)2-12-5(6)7/h2H2,1H3,(H3,6,7)(H,8,10)(H,9,11). The maximum atomic E-state index is 10.8. The first-order valence-corrected chi connectivity index (χ1v) is 4.03. The van der Waals surface area contributed by atoms with Crippen molar-refractivity contribution in [2.75, 3.05) is 5.75 Å². The molecular formula is C5H10N4O2S. The number of hydrazine groups is 1. The molecule has 0 aliphatic rings. The quantitative estimate of drug-likeness (QED) is 0.248. The van der Waals surface area contributed by atoms with Gasteiger partial charge in [0.15, 0.2) is 5.17 Å². The van der Waals surface area contributed by atoms with E-state index in [1.807, 2.05) is 0 Å². The fraction of sp³-hybridized carbons (Fsp3) is 0.400. The fourth-order valence-electron chi connectivity index (χ4n) is 0.337. The molecule has 0 fully saturated rings. The third kappa shape index (κ3) is 6.87. The Bertz CT molecular complexity index is 186. The number of amidine groups is 1. The molecule has 0 radical (unpaired) electrons. The summed E-state index contributed by atoms with van der Waals surface area (Å²) in [5, 5.41) is 6.65. The predicted octanol–water partition coefficient (Wildman–Crippen LogP) is -1.22. The molecule has 0 aliphatic heterocycles. The second kappa shape index (κ2) is 5.42. The van der Waals surface area contributed by atoms with Gasteiger partial charge in [0.25, 0.3) is 0 Å². The highest BCUT2D eigenvalue weighted by molar-refractivity contribution is 8.14. The highest BCUT2D eigenvalue weighted by Gasteiger charge is 2.01. The lowest BCUT2D eigenvalue weighted by molar-refractivity contribution is -0.126. The van der Waals surface area contributed by atoms with Gasteiger partial charge in [-0.25, -0.2) is 0 Å². The zero-order valence-electron chi connectivity index (χ0n) is 6.51. The van der Waals surface area contributed by atoms with E-state index in [2.05, 4.69) is 10.9 Å². The van der Waals surface area contributed by atoms with Gasteiger partial charge in [0.2, 0.25) is 11.8 Å². The van der Waals surface area contributed by atoms with Crippen molar-refractivity contribution >= 4 is 28.7 Å². The first-order chi connectivity index (χ1) is 5.52. The van der Waals surface area contributed by atoms with Gasteiger partial charge in [-0.15, -0.1) is 0 Å². The summed E-state index contributed by atoms with van der Waals surface area (Å²) >= 11 is 0.889. The molecule has 0 aromatic heterocycles. The number of carbonyl (C=O) groups excluding carboxylic acids is 2. The zero-order chi connectivity index (χ0) is 9.56. The van der Waals surface area contributed by atoms with Crippen LogP contribution in [-0.4, -0.2) is 22.7 Å². The van der Waals surface area contributed by atoms with Crippen LogP contribution in [0.3, 0.4) is 0 Å². The maximum Gasteiger partial charge on any atom is 0.248 e. The molecule has 12 heavy (non-hydrogen) atoms. The number of carbonyl (C=O) groups is 2. The van der Waals surface area contributed by atoms with Crippen molar-refractivity contribution in [1.29, 1.82) is 5.41 Å². The first-order valence-electron chi connectivity index (χ1n) is 3.04. The minimum absolute atomic E-state index is 0.0234. The van der Waals surface area contributed by atoms with Crippen LogP contribution in [0.5, 0.6) is 0 Å². The van der Waals surface area contributed by atoms with Crippen molar-refractivity contribution < 1.29 is 9.59 Å². The summed E-state index contributed by atoms with van der Waals surface area (Å²) < 4.78 is 0. The van der Waals surface area contributed by atoms with Crippen LogP contribution < -0.4 is 16.6 Å². The minimum atomic E-state index is -0.398. The van der Waals surface area contributed by atoms with Crippen LogP contribution in [-0.2, 0) is 9.59 Å². The monoisotopic (exact) mass is 190 g/mol. The number of rotatable bonds is 2. The molecule has 0 unspecified atom stereocenters. The summed E-state index contributed by atoms with van der Waals surface area (Å²) in [6, 6.07) is 0. The second-order valence-corrected chi connectivity index (χ2v) is 2.90. The minimum Gasteiger partial charge on any atom is -0.379 e. The Morgan fingerprint density at radius 3 is 2.50 bits per heavy atom. The van der Waals surface area contributed by atoms with E-state index in [4.69, 9.17) is 11.1 Å². The molecule has 0 bridgehead atoms. The summed E-state index contributed by atoms with van der Waals surface area (Å²) in [4.78, 5) is 21.0. The molecule has 7 heteroatoms. The molecule has 6 nitrogen and oxygen atoms in total. The van der Waals surface area contributed by atoms with Gasteiger partial charge in [0.05, 0.1) is 5.75 Å². The third-order valence-electron chi connectivity index (χ3n) is 0.737. The van der Waals surface area contributed by atoms with Gasteiger partial charge in [-0.05, 0) is 0 Å². The van der Waals surface area contributed by atoms with Gasteiger partial charge >= 0.3 is 0 Å². The molecular weight excluding hydrogens is 180 g/mol. The maximum absolute atomic E-state index is 10.8. The topological polar surface area (TPSA) is 108 Å². The van der Waals surface area contributed by atoms with Gasteiger partial charge in [-0.2, -0.15) is 0 Å². The Morgan fingerprint density at radius 2 is 2.08 bits per heavy atom. The Hall–Kier alpha value is -1.24. The first kappa shape index (κ1) is 10.8. The fourth-order valence-corrected chi connectivity index (χ4v) is 0.696. The van der Waals surface area contributed by atoms with Crippen LogP contribution >= 0.6 is 11.8 Å². The molecule has 0 saturated carbocycles. The number of nitrogens with one attached hydrogen (secondary N) is 3. The molecule has 0 rings (SSSR count). The van der Waals surface area contributed by atoms with E-state index in [1.54, 1.807) is 0 Å². The van der Waals surface area contributed by atoms with E-state index >= 15 is 0 Å². The normalized spacial score (nSPS) is 8.75. The lowest BCUT2D eigenvalue weighted by Gasteiger charge is -2.03. The smallest absolute Gasteiger partial charge is 0.248 e. The van der Waals surface area contributed by atoms with Crippen molar-refractivity contribution in [1.82, 2.24) is 10.9 Å². The van der Waals surface area contributed by atoms with Crippen molar-refractivity contribution in [2.45, 2.75) is 6.92 Å². The Kier molecular flexibility index (Phi) is 4.86. The lowest BCUT2D eigenvalue weighted by atomic mass is 10.7. The van der Waals surface area contributed by atoms with Gasteiger partial charge in [-0.3, -0.25) is 25.8 Å². The number of hydrogen-bond acceptors (Lipinski definition) is 4. The van der Waals surface area contributed by atoms with E-state index in [1.165, 1.54) is 6.92 Å². The summed E-state index contributed by atoms with van der Waals surface area (Å²) in [5.74, 6) is -0.725. The summed E-state index contributed by atoms with van der Waals surface area (Å²) in [6.07, 6.45) is 0. The van der Waals surface area contributed by atoms with Crippen molar-refractivity contribution in [2.24, 2.45) is 5.73 Å². The van der Waals surface area contributed by atoms with Crippen LogP contribution in [0.2, 0.25) is 0 Å². The van der Waals surface area contributed by atoms with Crippen LogP contribution in [0, 0.1) is 5.41 Å². The molecule has 0 aliphatic carbocycles. The van der Waals surface area contributed by atoms with Crippen LogP contribution in [0.25, 0.3) is 0 Å². The van der Waals surface area contributed by atoms with Crippen molar-refractivity contribution in [3.8, 4) is 0 Å². The van der Waals surface area contributed by atoms with Crippen LogP contribution in [0.1, 0.15) is 6.92 Å². The number of amides is 2. The Balaban J connectivity index is 3.47. The summed E-state index contributed by atoms with van der Waals surface area (Å²) in [7, 11) is 0. The average Bonchev–Trinajstić information content (AvgIpc) is 1.96.